The normalized spacial score (nSPS) is 10.3. The summed E-state index contributed by atoms with van der Waals surface area (Å²) in [6.45, 7) is 0. The van der Waals surface area contributed by atoms with E-state index in [1.807, 2.05) is 0 Å². The number of aromatic hydroxyl groups is 1. The van der Waals surface area contributed by atoms with Crippen LogP contribution >= 0.6 is 0 Å². The van der Waals surface area contributed by atoms with E-state index >= 15 is 0 Å². The number of hydrogen-bond acceptors (Lipinski definition) is 4. The monoisotopic (exact) mass is 203 g/mol. The number of hydrogen-bond donors (Lipinski definition) is 1. The summed E-state index contributed by atoms with van der Waals surface area (Å²) in [7, 11) is 1.12. The lowest BCUT2D eigenvalue weighted by Gasteiger charge is -2.10. The molecule has 76 valence electrons. The van der Waals surface area contributed by atoms with Crippen LogP contribution in [0.2, 0.25) is 0 Å². The molecule has 0 amide bonds. The van der Waals surface area contributed by atoms with E-state index in [9.17, 15) is 13.6 Å². The van der Waals surface area contributed by atoms with Gasteiger partial charge in [-0.15, -0.1) is 0 Å². The number of halogens is 2. The number of aromatic nitrogens is 1. The van der Waals surface area contributed by atoms with Crippen molar-refractivity contribution in [2.75, 3.05) is 7.11 Å². The molecule has 6 heteroatoms. The zero-order valence-corrected chi connectivity index (χ0v) is 7.20. The van der Waals surface area contributed by atoms with Gasteiger partial charge in [0.2, 0.25) is 0 Å². The van der Waals surface area contributed by atoms with Crippen molar-refractivity contribution in [2.24, 2.45) is 0 Å². The van der Waals surface area contributed by atoms with Crippen LogP contribution in [-0.4, -0.2) is 23.5 Å². The van der Waals surface area contributed by atoms with Crippen molar-refractivity contribution in [1.82, 2.24) is 4.98 Å². The summed E-state index contributed by atoms with van der Waals surface area (Å²) in [5.74, 6) is -1.09. The van der Waals surface area contributed by atoms with Crippen LogP contribution in [-0.2, 0) is 0 Å². The van der Waals surface area contributed by atoms with Gasteiger partial charge in [0.1, 0.15) is 17.0 Å². The van der Waals surface area contributed by atoms with E-state index in [-0.39, 0.29) is 12.0 Å². The van der Waals surface area contributed by atoms with Gasteiger partial charge in [-0.05, 0) is 0 Å². The van der Waals surface area contributed by atoms with Crippen molar-refractivity contribution in [3.8, 4) is 11.5 Å². The molecule has 0 aliphatic carbocycles. The first-order chi connectivity index (χ1) is 6.61. The van der Waals surface area contributed by atoms with Crippen molar-refractivity contribution in [3.05, 3.63) is 17.5 Å². The van der Waals surface area contributed by atoms with Gasteiger partial charge in [0.25, 0.3) is 6.43 Å². The molecule has 4 nitrogen and oxygen atoms in total. The first kappa shape index (κ1) is 10.4. The molecular weight excluding hydrogens is 196 g/mol. The Bertz CT molecular complexity index is 355. The summed E-state index contributed by atoms with van der Waals surface area (Å²) >= 11 is 0. The molecule has 0 saturated heterocycles. The Labute approximate surface area is 78.1 Å². The second-order valence-corrected chi connectivity index (χ2v) is 2.39. The number of rotatable bonds is 3. The molecule has 0 aliphatic rings. The molecule has 0 atom stereocenters. The zero-order chi connectivity index (χ0) is 10.7. The van der Waals surface area contributed by atoms with Gasteiger partial charge in [0, 0.05) is 0 Å². The molecular formula is C8H7F2NO3. The van der Waals surface area contributed by atoms with E-state index in [1.165, 1.54) is 0 Å². The first-order valence-electron chi connectivity index (χ1n) is 3.61. The number of carbonyl (C=O) groups excluding carboxylic acids is 1. The predicted octanol–water partition coefficient (Wildman–Crippen LogP) is 1.55. The Morgan fingerprint density at radius 2 is 2.29 bits per heavy atom. The summed E-state index contributed by atoms with van der Waals surface area (Å²) in [6.07, 6.45) is -1.86. The Morgan fingerprint density at radius 3 is 2.71 bits per heavy atom. The minimum atomic E-state index is -2.92. The van der Waals surface area contributed by atoms with Crippen LogP contribution in [0.1, 0.15) is 22.5 Å². The third-order valence-corrected chi connectivity index (χ3v) is 1.61. The maximum atomic E-state index is 12.4. The number of methoxy groups -OCH3 is 1. The fraction of sp³-hybridized carbons (Fsp3) is 0.250. The second-order valence-electron chi connectivity index (χ2n) is 2.39. The SMILES string of the molecule is COc1c(C=O)ncc(O)c1C(F)F. The van der Waals surface area contributed by atoms with Gasteiger partial charge in [-0.3, -0.25) is 4.79 Å². The van der Waals surface area contributed by atoms with Crippen LogP contribution in [0.5, 0.6) is 11.5 Å². The summed E-state index contributed by atoms with van der Waals surface area (Å²) < 4.78 is 29.4. The highest BCUT2D eigenvalue weighted by molar-refractivity contribution is 5.78. The Morgan fingerprint density at radius 1 is 1.64 bits per heavy atom. The van der Waals surface area contributed by atoms with E-state index in [2.05, 4.69) is 9.72 Å². The van der Waals surface area contributed by atoms with E-state index in [0.29, 0.717) is 0 Å². The zero-order valence-electron chi connectivity index (χ0n) is 7.20. The topological polar surface area (TPSA) is 59.4 Å². The number of aldehydes is 1. The predicted molar refractivity (Wildman–Crippen MR) is 42.8 cm³/mol. The van der Waals surface area contributed by atoms with Crippen LogP contribution in [0.15, 0.2) is 6.20 Å². The average molecular weight is 203 g/mol. The lowest BCUT2D eigenvalue weighted by molar-refractivity contribution is 0.111. The van der Waals surface area contributed by atoms with Crippen LogP contribution in [0.25, 0.3) is 0 Å². The van der Waals surface area contributed by atoms with Gasteiger partial charge in [-0.1, -0.05) is 0 Å². The van der Waals surface area contributed by atoms with E-state index in [1.54, 1.807) is 0 Å². The summed E-state index contributed by atoms with van der Waals surface area (Å²) in [6, 6.07) is 0. The first-order valence-corrected chi connectivity index (χ1v) is 3.61. The summed E-state index contributed by atoms with van der Waals surface area (Å²) in [4.78, 5) is 13.8. The van der Waals surface area contributed by atoms with Crippen LogP contribution in [0, 0.1) is 0 Å². The molecule has 0 unspecified atom stereocenters. The molecule has 1 aromatic heterocycles. The van der Waals surface area contributed by atoms with Crippen molar-refractivity contribution in [1.29, 1.82) is 0 Å². The standard InChI is InChI=1S/C8H7F2NO3/c1-14-7-4(3-12)11-2-5(13)6(7)8(9)10/h2-3,8,13H,1H3. The molecule has 0 aromatic carbocycles. The molecule has 1 aromatic rings. The molecule has 0 bridgehead atoms. The highest BCUT2D eigenvalue weighted by Crippen LogP contribution is 2.36. The van der Waals surface area contributed by atoms with Crippen molar-refractivity contribution < 1.29 is 23.4 Å². The Hall–Kier alpha value is -1.72. The molecule has 0 fully saturated rings. The highest BCUT2D eigenvalue weighted by atomic mass is 19.3. The molecule has 0 spiro atoms. The van der Waals surface area contributed by atoms with Gasteiger partial charge in [0.05, 0.1) is 13.3 Å². The average Bonchev–Trinajstić information content (AvgIpc) is 2.16. The number of alkyl halides is 2. The van der Waals surface area contributed by atoms with E-state index in [0.717, 1.165) is 13.3 Å². The van der Waals surface area contributed by atoms with Crippen LogP contribution in [0.3, 0.4) is 0 Å². The molecule has 1 rings (SSSR count). The van der Waals surface area contributed by atoms with E-state index in [4.69, 9.17) is 5.11 Å². The number of carbonyl (C=O) groups is 1. The number of ether oxygens (including phenoxy) is 1. The maximum Gasteiger partial charge on any atom is 0.271 e. The Kier molecular flexibility index (Phi) is 2.95. The van der Waals surface area contributed by atoms with Gasteiger partial charge in [-0.25, -0.2) is 13.8 Å². The Balaban J connectivity index is 3.42. The maximum absolute atomic E-state index is 12.4. The van der Waals surface area contributed by atoms with Gasteiger partial charge >= 0.3 is 0 Å². The van der Waals surface area contributed by atoms with Crippen molar-refractivity contribution in [3.63, 3.8) is 0 Å². The molecule has 0 aliphatic heterocycles. The van der Waals surface area contributed by atoms with Gasteiger partial charge in [0.15, 0.2) is 12.0 Å². The van der Waals surface area contributed by atoms with Gasteiger partial charge in [-0.2, -0.15) is 0 Å². The highest BCUT2D eigenvalue weighted by Gasteiger charge is 2.22. The summed E-state index contributed by atoms with van der Waals surface area (Å²) in [5, 5.41) is 9.07. The van der Waals surface area contributed by atoms with Gasteiger partial charge < -0.3 is 9.84 Å². The molecule has 0 saturated carbocycles. The second kappa shape index (κ2) is 3.99. The number of pyridine rings is 1. The molecule has 0 radical (unpaired) electrons. The van der Waals surface area contributed by atoms with Crippen LogP contribution in [0.4, 0.5) is 8.78 Å². The van der Waals surface area contributed by atoms with E-state index < -0.39 is 23.5 Å². The minimum absolute atomic E-state index is 0.263. The lowest BCUT2D eigenvalue weighted by Crippen LogP contribution is -2.00. The third kappa shape index (κ3) is 1.63. The van der Waals surface area contributed by atoms with Crippen LogP contribution < -0.4 is 4.74 Å². The summed E-state index contributed by atoms with van der Waals surface area (Å²) in [5.41, 5.74) is -0.981. The smallest absolute Gasteiger partial charge is 0.271 e. The molecule has 1 N–H and O–H groups in total. The fourth-order valence-electron chi connectivity index (χ4n) is 1.02. The quantitative estimate of drug-likeness (QED) is 0.757. The van der Waals surface area contributed by atoms with Crippen molar-refractivity contribution in [2.45, 2.75) is 6.43 Å². The molecule has 1 heterocycles. The third-order valence-electron chi connectivity index (χ3n) is 1.61. The fourth-order valence-corrected chi connectivity index (χ4v) is 1.02. The largest absolute Gasteiger partial charge is 0.506 e. The lowest BCUT2D eigenvalue weighted by atomic mass is 10.2. The number of nitrogens with zero attached hydrogens (tertiary/aromatic N) is 1. The van der Waals surface area contributed by atoms with Crippen molar-refractivity contribution >= 4 is 6.29 Å². The molecule has 14 heavy (non-hydrogen) atoms. The minimum Gasteiger partial charge on any atom is -0.506 e.